The molecule has 0 bridgehead atoms. The van der Waals surface area contributed by atoms with Crippen molar-refractivity contribution >= 4 is 10.9 Å². The van der Waals surface area contributed by atoms with Crippen LogP contribution in [-0.2, 0) is 16.8 Å². The molecule has 1 aliphatic heterocycles. The molecule has 0 amide bonds. The monoisotopic (exact) mass is 256 g/mol. The number of likely N-dealkylation sites (N-methyl/N-ethyl adjacent to an activating group) is 1. The van der Waals surface area contributed by atoms with Gasteiger partial charge in [-0.1, -0.05) is 19.1 Å². The number of ether oxygens (including phenoxy) is 1. The summed E-state index contributed by atoms with van der Waals surface area (Å²) in [5.74, 6) is 0. The van der Waals surface area contributed by atoms with E-state index in [0.717, 1.165) is 26.1 Å². The topological polar surface area (TPSA) is 28.3 Å². The van der Waals surface area contributed by atoms with Gasteiger partial charge in [-0.05, 0) is 37.1 Å². The minimum Gasteiger partial charge on any atom is -0.368 e. The first kappa shape index (κ1) is 11.5. The van der Waals surface area contributed by atoms with Gasteiger partial charge < -0.3 is 9.72 Å². The van der Waals surface area contributed by atoms with E-state index in [1.165, 1.54) is 22.0 Å². The van der Waals surface area contributed by atoms with E-state index in [-0.39, 0.29) is 5.60 Å². The fraction of sp³-hybridized carbons (Fsp3) is 0.500. The van der Waals surface area contributed by atoms with Gasteiger partial charge in [0.1, 0.15) is 5.60 Å². The van der Waals surface area contributed by atoms with Crippen molar-refractivity contribution in [1.82, 2.24) is 9.88 Å². The maximum atomic E-state index is 6.26. The van der Waals surface area contributed by atoms with E-state index in [9.17, 15) is 0 Å². The molecular formula is C16H20N2O. The van der Waals surface area contributed by atoms with Crippen molar-refractivity contribution in [3.8, 4) is 0 Å². The Morgan fingerprint density at radius 3 is 3.21 bits per heavy atom. The van der Waals surface area contributed by atoms with Crippen molar-refractivity contribution in [2.24, 2.45) is 0 Å². The van der Waals surface area contributed by atoms with Crippen molar-refractivity contribution in [1.29, 1.82) is 0 Å². The molecule has 1 saturated heterocycles. The second-order valence-corrected chi connectivity index (χ2v) is 5.85. The maximum Gasteiger partial charge on any atom is 0.107 e. The van der Waals surface area contributed by atoms with Crippen molar-refractivity contribution in [3.05, 3.63) is 35.5 Å². The summed E-state index contributed by atoms with van der Waals surface area (Å²) in [5.41, 5.74) is 3.88. The van der Waals surface area contributed by atoms with Gasteiger partial charge in [0, 0.05) is 29.7 Å². The molecule has 1 N–H and O–H groups in total. The largest absolute Gasteiger partial charge is 0.368 e. The average molecular weight is 256 g/mol. The predicted molar refractivity (Wildman–Crippen MR) is 76.3 cm³/mol. The fourth-order valence-electron chi connectivity index (χ4n) is 3.97. The average Bonchev–Trinajstić information content (AvgIpc) is 2.84. The molecule has 2 atom stereocenters. The summed E-state index contributed by atoms with van der Waals surface area (Å²) in [5, 5.41) is 1.39. The molecule has 0 radical (unpaired) electrons. The molecule has 2 aliphatic rings. The highest BCUT2D eigenvalue weighted by atomic mass is 16.5. The normalized spacial score (nSPS) is 30.5. The number of morpholine rings is 1. The van der Waals surface area contributed by atoms with Crippen LogP contribution in [0.5, 0.6) is 0 Å². The summed E-state index contributed by atoms with van der Waals surface area (Å²) in [6.07, 6.45) is 3.26. The first-order chi connectivity index (χ1) is 9.24. The van der Waals surface area contributed by atoms with Crippen LogP contribution in [0.1, 0.15) is 25.0 Å². The van der Waals surface area contributed by atoms with Crippen molar-refractivity contribution in [2.75, 3.05) is 19.7 Å². The van der Waals surface area contributed by atoms with Crippen LogP contribution in [0, 0.1) is 0 Å². The van der Waals surface area contributed by atoms with E-state index in [1.807, 2.05) is 0 Å². The Kier molecular flexibility index (Phi) is 2.32. The lowest BCUT2D eigenvalue weighted by Crippen LogP contribution is -2.58. The van der Waals surface area contributed by atoms with Gasteiger partial charge in [-0.25, -0.2) is 0 Å². The molecule has 1 fully saturated rings. The Hall–Kier alpha value is -1.32. The molecule has 2 unspecified atom stereocenters. The summed E-state index contributed by atoms with van der Waals surface area (Å²) >= 11 is 0. The van der Waals surface area contributed by atoms with E-state index >= 15 is 0 Å². The van der Waals surface area contributed by atoms with Crippen LogP contribution in [0.3, 0.4) is 0 Å². The van der Waals surface area contributed by atoms with E-state index in [4.69, 9.17) is 4.74 Å². The fourth-order valence-corrected chi connectivity index (χ4v) is 3.97. The summed E-state index contributed by atoms with van der Waals surface area (Å²) in [7, 11) is 0. The lowest BCUT2D eigenvalue weighted by Gasteiger charge is -2.50. The highest BCUT2D eigenvalue weighted by Gasteiger charge is 2.47. The highest BCUT2D eigenvalue weighted by Crippen LogP contribution is 2.45. The molecule has 3 heteroatoms. The third-order valence-corrected chi connectivity index (χ3v) is 5.00. The SMILES string of the molecule is CCN1CCOC2(C)c3cccc4[nH]cc(c34)CC12. The lowest BCUT2D eigenvalue weighted by atomic mass is 9.76. The zero-order valence-electron chi connectivity index (χ0n) is 11.6. The van der Waals surface area contributed by atoms with Crippen LogP contribution in [0.4, 0.5) is 0 Å². The summed E-state index contributed by atoms with van der Waals surface area (Å²) in [6.45, 7) is 7.49. The maximum absolute atomic E-state index is 6.26. The van der Waals surface area contributed by atoms with E-state index in [0.29, 0.717) is 6.04 Å². The number of hydrogen-bond donors (Lipinski definition) is 1. The number of aromatic nitrogens is 1. The standard InChI is InChI=1S/C16H20N2O/c1-3-18-7-8-19-16(2)12-5-4-6-13-15(12)11(10-17-13)9-14(16)18/h4-6,10,14,17H,3,7-9H2,1-2H3. The van der Waals surface area contributed by atoms with Gasteiger partial charge in [-0.3, -0.25) is 4.90 Å². The molecule has 2 aromatic rings. The summed E-state index contributed by atoms with van der Waals surface area (Å²) in [4.78, 5) is 5.97. The molecule has 1 aromatic carbocycles. The number of nitrogens with zero attached hydrogens (tertiary/aromatic N) is 1. The van der Waals surface area contributed by atoms with Crippen LogP contribution < -0.4 is 0 Å². The van der Waals surface area contributed by atoms with Crippen LogP contribution in [-0.4, -0.2) is 35.6 Å². The van der Waals surface area contributed by atoms with Gasteiger partial charge in [0.15, 0.2) is 0 Å². The van der Waals surface area contributed by atoms with Crippen molar-refractivity contribution in [2.45, 2.75) is 31.9 Å². The smallest absolute Gasteiger partial charge is 0.107 e. The first-order valence-corrected chi connectivity index (χ1v) is 7.21. The van der Waals surface area contributed by atoms with Gasteiger partial charge in [-0.15, -0.1) is 0 Å². The second kappa shape index (κ2) is 3.84. The van der Waals surface area contributed by atoms with Crippen molar-refractivity contribution in [3.63, 3.8) is 0 Å². The number of nitrogens with one attached hydrogen (secondary N) is 1. The van der Waals surface area contributed by atoms with Gasteiger partial charge in [-0.2, -0.15) is 0 Å². The van der Waals surface area contributed by atoms with Gasteiger partial charge >= 0.3 is 0 Å². The lowest BCUT2D eigenvalue weighted by molar-refractivity contribution is -0.143. The zero-order valence-corrected chi connectivity index (χ0v) is 11.6. The zero-order chi connectivity index (χ0) is 13.0. The minimum absolute atomic E-state index is 0.164. The molecule has 0 spiro atoms. The number of fused-ring (bicyclic) bond motifs is 2. The number of hydrogen-bond acceptors (Lipinski definition) is 2. The van der Waals surface area contributed by atoms with E-state index in [1.54, 1.807) is 0 Å². The van der Waals surface area contributed by atoms with Crippen LogP contribution >= 0.6 is 0 Å². The number of H-pyrrole nitrogens is 1. The molecule has 2 heterocycles. The van der Waals surface area contributed by atoms with Crippen molar-refractivity contribution < 1.29 is 4.74 Å². The van der Waals surface area contributed by atoms with E-state index < -0.39 is 0 Å². The number of benzene rings is 1. The van der Waals surface area contributed by atoms with E-state index in [2.05, 4.69) is 48.1 Å². The van der Waals surface area contributed by atoms with Crippen LogP contribution in [0.15, 0.2) is 24.4 Å². The Bertz CT molecular complexity index is 633. The first-order valence-electron chi connectivity index (χ1n) is 7.21. The highest BCUT2D eigenvalue weighted by molar-refractivity contribution is 5.88. The second-order valence-electron chi connectivity index (χ2n) is 5.85. The van der Waals surface area contributed by atoms with Gasteiger partial charge in [0.2, 0.25) is 0 Å². The van der Waals surface area contributed by atoms with Gasteiger partial charge in [0.25, 0.3) is 0 Å². The number of aromatic amines is 1. The van der Waals surface area contributed by atoms with Crippen LogP contribution in [0.2, 0.25) is 0 Å². The Morgan fingerprint density at radius 1 is 1.47 bits per heavy atom. The van der Waals surface area contributed by atoms with Crippen LogP contribution in [0.25, 0.3) is 10.9 Å². The Labute approximate surface area is 113 Å². The number of rotatable bonds is 1. The molecule has 1 aromatic heterocycles. The summed E-state index contributed by atoms with van der Waals surface area (Å²) < 4.78 is 6.26. The quantitative estimate of drug-likeness (QED) is 0.849. The molecule has 4 rings (SSSR count). The molecule has 1 aliphatic carbocycles. The molecule has 3 nitrogen and oxygen atoms in total. The molecule has 19 heavy (non-hydrogen) atoms. The third kappa shape index (κ3) is 1.40. The molecule has 0 saturated carbocycles. The summed E-state index contributed by atoms with van der Waals surface area (Å²) in [6, 6.07) is 7.00. The predicted octanol–water partition coefficient (Wildman–Crippen LogP) is 2.66. The molecule has 100 valence electrons. The Balaban J connectivity index is 1.96. The molecular weight excluding hydrogens is 236 g/mol. The minimum atomic E-state index is -0.164. The third-order valence-electron chi connectivity index (χ3n) is 5.00. The Morgan fingerprint density at radius 2 is 2.37 bits per heavy atom. The van der Waals surface area contributed by atoms with Gasteiger partial charge in [0.05, 0.1) is 6.61 Å².